The van der Waals surface area contributed by atoms with E-state index in [-0.39, 0.29) is 18.2 Å². The molecule has 2 amide bonds. The zero-order valence-electron chi connectivity index (χ0n) is 15.6. The van der Waals surface area contributed by atoms with E-state index in [1.807, 2.05) is 30.3 Å². The van der Waals surface area contributed by atoms with Gasteiger partial charge in [0.2, 0.25) is 21.8 Å². The summed E-state index contributed by atoms with van der Waals surface area (Å²) in [4.78, 5) is 25.8. The lowest BCUT2D eigenvalue weighted by atomic mass is 10.1. The van der Waals surface area contributed by atoms with Gasteiger partial charge in [0, 0.05) is 30.9 Å². The van der Waals surface area contributed by atoms with Gasteiger partial charge in [-0.15, -0.1) is 0 Å². The minimum atomic E-state index is -3.34. The molecular formula is C20H23N3O4S. The Kier molecular flexibility index (Phi) is 5.99. The van der Waals surface area contributed by atoms with E-state index in [2.05, 4.69) is 10.0 Å². The number of carbonyl (C=O) groups excluding carboxylic acids is 2. The van der Waals surface area contributed by atoms with Gasteiger partial charge < -0.3 is 10.2 Å². The van der Waals surface area contributed by atoms with E-state index in [9.17, 15) is 18.0 Å². The fourth-order valence-corrected chi connectivity index (χ4v) is 3.68. The summed E-state index contributed by atoms with van der Waals surface area (Å²) in [6.45, 7) is 1.05. The van der Waals surface area contributed by atoms with Gasteiger partial charge in [-0.1, -0.05) is 24.3 Å². The monoisotopic (exact) mass is 401 g/mol. The maximum Gasteiger partial charge on any atom is 0.229 e. The average molecular weight is 401 g/mol. The Morgan fingerprint density at radius 3 is 2.50 bits per heavy atom. The number of rotatable bonds is 7. The molecule has 0 aliphatic carbocycles. The first-order valence-electron chi connectivity index (χ1n) is 9.03. The minimum Gasteiger partial charge on any atom is -0.352 e. The van der Waals surface area contributed by atoms with Crippen molar-refractivity contribution in [2.75, 3.05) is 22.4 Å². The van der Waals surface area contributed by atoms with E-state index >= 15 is 0 Å². The van der Waals surface area contributed by atoms with Crippen LogP contribution in [0.4, 0.5) is 11.4 Å². The van der Waals surface area contributed by atoms with Gasteiger partial charge in [0.05, 0.1) is 12.7 Å². The predicted molar refractivity (Wildman–Crippen MR) is 108 cm³/mol. The van der Waals surface area contributed by atoms with Crippen LogP contribution >= 0.6 is 0 Å². The molecule has 0 bridgehead atoms. The normalized spacial score (nSPS) is 14.2. The van der Waals surface area contributed by atoms with Crippen LogP contribution in [0, 0.1) is 0 Å². The number of sulfonamides is 1. The second kappa shape index (κ2) is 8.43. The molecule has 2 aromatic rings. The summed E-state index contributed by atoms with van der Waals surface area (Å²) >= 11 is 0. The molecule has 0 aromatic heterocycles. The third-order valence-corrected chi connectivity index (χ3v) is 5.01. The Morgan fingerprint density at radius 2 is 1.86 bits per heavy atom. The highest BCUT2D eigenvalue weighted by Crippen LogP contribution is 2.21. The van der Waals surface area contributed by atoms with Crippen LogP contribution < -0.4 is 14.9 Å². The van der Waals surface area contributed by atoms with E-state index in [0.29, 0.717) is 18.7 Å². The lowest BCUT2D eigenvalue weighted by Gasteiger charge is -2.15. The summed E-state index contributed by atoms with van der Waals surface area (Å²) in [5.74, 6) is 0.00422. The molecule has 0 spiro atoms. The molecule has 2 aromatic carbocycles. The summed E-state index contributed by atoms with van der Waals surface area (Å²) in [7, 11) is -3.34. The molecule has 8 heteroatoms. The van der Waals surface area contributed by atoms with E-state index in [0.717, 1.165) is 36.0 Å². The van der Waals surface area contributed by atoms with Crippen LogP contribution in [-0.2, 0) is 32.6 Å². The first-order chi connectivity index (χ1) is 13.3. The summed E-state index contributed by atoms with van der Waals surface area (Å²) in [5, 5.41) is 2.83. The van der Waals surface area contributed by atoms with Crippen LogP contribution in [-0.4, -0.2) is 33.0 Å². The summed E-state index contributed by atoms with van der Waals surface area (Å²) < 4.78 is 25.0. The number of anilines is 2. The van der Waals surface area contributed by atoms with Gasteiger partial charge in [-0.3, -0.25) is 14.3 Å². The Morgan fingerprint density at radius 1 is 1.11 bits per heavy atom. The zero-order chi connectivity index (χ0) is 20.1. The molecule has 1 aliphatic rings. The number of hydrogen-bond acceptors (Lipinski definition) is 4. The SMILES string of the molecule is CS(=O)(=O)Nc1cccc(CNC(=O)Cc2ccc(N3CCCC3=O)cc2)c1. The van der Waals surface area contributed by atoms with Crippen LogP contribution in [0.15, 0.2) is 48.5 Å². The van der Waals surface area contributed by atoms with Crippen LogP contribution in [0.1, 0.15) is 24.0 Å². The van der Waals surface area contributed by atoms with Crippen molar-refractivity contribution in [3.8, 4) is 0 Å². The maximum absolute atomic E-state index is 12.2. The van der Waals surface area contributed by atoms with Gasteiger partial charge in [0.1, 0.15) is 0 Å². The second-order valence-corrected chi connectivity index (χ2v) is 8.59. The van der Waals surface area contributed by atoms with E-state index < -0.39 is 10.0 Å². The predicted octanol–water partition coefficient (Wildman–Crippen LogP) is 2.04. The number of nitrogens with one attached hydrogen (secondary N) is 2. The molecule has 0 unspecified atom stereocenters. The molecule has 28 heavy (non-hydrogen) atoms. The molecule has 1 aliphatic heterocycles. The van der Waals surface area contributed by atoms with Crippen molar-refractivity contribution in [3.05, 3.63) is 59.7 Å². The van der Waals surface area contributed by atoms with Crippen molar-refractivity contribution in [2.24, 2.45) is 0 Å². The van der Waals surface area contributed by atoms with Gasteiger partial charge in [-0.25, -0.2) is 8.42 Å². The lowest BCUT2D eigenvalue weighted by molar-refractivity contribution is -0.120. The fourth-order valence-electron chi connectivity index (χ4n) is 3.12. The fraction of sp³-hybridized carbons (Fsp3) is 0.300. The summed E-state index contributed by atoms with van der Waals surface area (Å²) in [5.41, 5.74) is 2.98. The minimum absolute atomic E-state index is 0.133. The molecule has 0 saturated carbocycles. The van der Waals surface area contributed by atoms with E-state index in [1.54, 1.807) is 23.1 Å². The lowest BCUT2D eigenvalue weighted by Crippen LogP contribution is -2.25. The summed E-state index contributed by atoms with van der Waals surface area (Å²) in [6, 6.07) is 14.3. The smallest absolute Gasteiger partial charge is 0.229 e. The molecule has 148 valence electrons. The molecule has 7 nitrogen and oxygen atoms in total. The van der Waals surface area contributed by atoms with Crippen molar-refractivity contribution in [2.45, 2.75) is 25.8 Å². The van der Waals surface area contributed by atoms with Gasteiger partial charge in [-0.2, -0.15) is 0 Å². The molecule has 2 N–H and O–H groups in total. The number of carbonyl (C=O) groups is 2. The van der Waals surface area contributed by atoms with E-state index in [4.69, 9.17) is 0 Å². The van der Waals surface area contributed by atoms with Crippen molar-refractivity contribution < 1.29 is 18.0 Å². The molecule has 0 atom stereocenters. The Bertz CT molecular complexity index is 971. The summed E-state index contributed by atoms with van der Waals surface area (Å²) in [6.07, 6.45) is 2.79. The quantitative estimate of drug-likeness (QED) is 0.742. The largest absolute Gasteiger partial charge is 0.352 e. The van der Waals surface area contributed by atoms with Gasteiger partial charge in [0.15, 0.2) is 0 Å². The Labute approximate surface area is 164 Å². The van der Waals surface area contributed by atoms with E-state index in [1.165, 1.54) is 0 Å². The molecule has 0 radical (unpaired) electrons. The zero-order valence-corrected chi connectivity index (χ0v) is 16.5. The number of benzene rings is 2. The van der Waals surface area contributed by atoms with Gasteiger partial charge >= 0.3 is 0 Å². The molecule has 3 rings (SSSR count). The second-order valence-electron chi connectivity index (χ2n) is 6.84. The molecular weight excluding hydrogens is 378 g/mol. The Hall–Kier alpha value is -2.87. The first kappa shape index (κ1) is 19.9. The highest BCUT2D eigenvalue weighted by molar-refractivity contribution is 7.92. The van der Waals surface area contributed by atoms with Crippen molar-refractivity contribution >= 4 is 33.2 Å². The molecule has 1 saturated heterocycles. The van der Waals surface area contributed by atoms with Crippen molar-refractivity contribution in [3.63, 3.8) is 0 Å². The maximum atomic E-state index is 12.2. The average Bonchev–Trinajstić information content (AvgIpc) is 3.05. The highest BCUT2D eigenvalue weighted by atomic mass is 32.2. The highest BCUT2D eigenvalue weighted by Gasteiger charge is 2.21. The standard InChI is InChI=1S/C20H23N3O4S/c1-28(26,27)22-17-5-2-4-16(12-17)14-21-19(24)13-15-7-9-18(10-8-15)23-11-3-6-20(23)25/h2,4-5,7-10,12,22H,3,6,11,13-14H2,1H3,(H,21,24). The van der Waals surface area contributed by atoms with Gasteiger partial charge in [-0.05, 0) is 41.8 Å². The third kappa shape index (κ3) is 5.56. The number of hydrogen-bond donors (Lipinski definition) is 2. The van der Waals surface area contributed by atoms with Crippen molar-refractivity contribution in [1.82, 2.24) is 5.32 Å². The first-order valence-corrected chi connectivity index (χ1v) is 10.9. The van der Waals surface area contributed by atoms with Crippen LogP contribution in [0.3, 0.4) is 0 Å². The third-order valence-electron chi connectivity index (χ3n) is 4.41. The number of nitrogens with zero attached hydrogens (tertiary/aromatic N) is 1. The van der Waals surface area contributed by atoms with Crippen LogP contribution in [0.2, 0.25) is 0 Å². The number of amides is 2. The molecule has 1 heterocycles. The van der Waals surface area contributed by atoms with Crippen LogP contribution in [0.25, 0.3) is 0 Å². The Balaban J connectivity index is 1.53. The van der Waals surface area contributed by atoms with Gasteiger partial charge in [0.25, 0.3) is 0 Å². The topological polar surface area (TPSA) is 95.6 Å². The van der Waals surface area contributed by atoms with Crippen molar-refractivity contribution in [1.29, 1.82) is 0 Å². The van der Waals surface area contributed by atoms with Crippen LogP contribution in [0.5, 0.6) is 0 Å². The molecule has 1 fully saturated rings.